The van der Waals surface area contributed by atoms with Crippen molar-refractivity contribution in [2.24, 2.45) is 22.1 Å². The number of hydrogen-bond donors (Lipinski definition) is 1. The van der Waals surface area contributed by atoms with Gasteiger partial charge >= 0.3 is 0 Å². The number of aldehydes is 1. The first-order valence-corrected chi connectivity index (χ1v) is 16.3. The van der Waals surface area contributed by atoms with Crippen LogP contribution in [-0.2, 0) is 33.1 Å². The van der Waals surface area contributed by atoms with Gasteiger partial charge in [-0.1, -0.05) is 30.7 Å². The smallest absolute Gasteiger partial charge is 0.284 e. The highest BCUT2D eigenvalue weighted by Gasteiger charge is 2.47. The summed E-state index contributed by atoms with van der Waals surface area (Å²) in [6.07, 6.45) is 9.97. The number of thiol groups is 1. The number of amides is 1. The predicted octanol–water partition coefficient (Wildman–Crippen LogP) is 6.07. The van der Waals surface area contributed by atoms with Crippen LogP contribution in [0, 0.1) is 17.8 Å². The Morgan fingerprint density at radius 1 is 1.17 bits per heavy atom. The molecule has 3 aliphatic rings. The molecule has 2 aromatic carbocycles. The van der Waals surface area contributed by atoms with Crippen LogP contribution in [0.4, 0.5) is 5.69 Å². The summed E-state index contributed by atoms with van der Waals surface area (Å²) in [7, 11) is -0.480. The van der Waals surface area contributed by atoms with E-state index in [2.05, 4.69) is 15.3 Å². The van der Waals surface area contributed by atoms with Crippen LogP contribution in [0.5, 0.6) is 5.75 Å². The molecule has 5 atom stereocenters. The second-order valence-electron chi connectivity index (χ2n) is 11.6. The summed E-state index contributed by atoms with van der Waals surface area (Å²) in [5.74, 6) is 0.726. The highest BCUT2D eigenvalue weighted by atomic mass is 35.5. The molecule has 1 aliphatic carbocycles. The molecular weight excluding hydrogens is 560 g/mol. The molecule has 5 rings (SSSR count). The third-order valence-corrected chi connectivity index (χ3v) is 10.3. The maximum atomic E-state index is 13.2. The summed E-state index contributed by atoms with van der Waals surface area (Å²) in [5, 5.41) is 0.711. The van der Waals surface area contributed by atoms with Crippen molar-refractivity contribution in [2.75, 3.05) is 30.9 Å². The van der Waals surface area contributed by atoms with Gasteiger partial charge in [0.1, 0.15) is 11.4 Å². The molecule has 2 bridgehead atoms. The summed E-state index contributed by atoms with van der Waals surface area (Å²) in [5.41, 5.74) is 2.52. The van der Waals surface area contributed by atoms with Gasteiger partial charge in [-0.25, -0.2) is 0 Å². The number of hydrogen-bond acceptors (Lipinski definition) is 6. The summed E-state index contributed by atoms with van der Waals surface area (Å²) in [4.78, 5) is 28.0. The second-order valence-corrected chi connectivity index (χ2v) is 13.3. The number of carbonyl (C=O) groups excluding carboxylic acids is 2. The van der Waals surface area contributed by atoms with E-state index in [1.165, 1.54) is 11.1 Å². The fourth-order valence-electron chi connectivity index (χ4n) is 6.26. The minimum absolute atomic E-state index is 0.00755. The first-order chi connectivity index (χ1) is 19.8. The zero-order chi connectivity index (χ0) is 29.0. The van der Waals surface area contributed by atoms with Gasteiger partial charge in [0.15, 0.2) is 6.29 Å². The van der Waals surface area contributed by atoms with Gasteiger partial charge in [0.25, 0.3) is 5.91 Å². The Morgan fingerprint density at radius 2 is 2.02 bits per heavy atom. The van der Waals surface area contributed by atoms with Crippen LogP contribution in [0.3, 0.4) is 0 Å². The normalized spacial score (nSPS) is 30.2. The molecule has 9 heteroatoms. The molecule has 220 valence electrons. The Labute approximate surface area is 249 Å². The van der Waals surface area contributed by atoms with Crippen LogP contribution in [-0.4, -0.2) is 48.0 Å². The van der Waals surface area contributed by atoms with Gasteiger partial charge < -0.3 is 14.4 Å². The lowest BCUT2D eigenvalue weighted by molar-refractivity contribution is -0.135. The first kappa shape index (κ1) is 29.8. The van der Waals surface area contributed by atoms with Crippen LogP contribution < -0.4 is 9.64 Å². The van der Waals surface area contributed by atoms with E-state index >= 15 is 0 Å². The molecule has 1 fully saturated rings. The Bertz CT molecular complexity index is 1400. The summed E-state index contributed by atoms with van der Waals surface area (Å²) >= 11 is 6.40. The Balaban J connectivity index is 1.64. The lowest BCUT2D eigenvalue weighted by Crippen LogP contribution is -2.51. The quantitative estimate of drug-likeness (QED) is 0.256. The van der Waals surface area contributed by atoms with Crippen LogP contribution >= 0.6 is 11.6 Å². The van der Waals surface area contributed by atoms with Crippen molar-refractivity contribution in [3.63, 3.8) is 0 Å². The maximum Gasteiger partial charge on any atom is 0.284 e. The van der Waals surface area contributed by atoms with E-state index in [1.807, 2.05) is 43.3 Å². The van der Waals surface area contributed by atoms with Crippen LogP contribution in [0.15, 0.2) is 52.9 Å². The average molecular weight is 599 g/mol. The third-order valence-electron chi connectivity index (χ3n) is 8.75. The van der Waals surface area contributed by atoms with Crippen molar-refractivity contribution in [2.45, 2.75) is 57.6 Å². The molecule has 0 saturated heterocycles. The average Bonchev–Trinajstić information content (AvgIpc) is 2.97. The van der Waals surface area contributed by atoms with Crippen molar-refractivity contribution >= 4 is 40.1 Å². The molecule has 1 unspecified atom stereocenters. The van der Waals surface area contributed by atoms with Crippen molar-refractivity contribution in [3.05, 3.63) is 70.3 Å². The standard InChI is InChI=1S/C32H39ClN2O5S/c1-22-6-5-14-32(21-36,39-2)28-12-9-26(28)19-35-18-25-8-11-27(33)16-23(25)7-3-4-15-40-30-13-10-24(17-29(30)35)31(37)34-41(38)20-22/h5,8,10-11,13-14,16-17,21-22,26,28,41H,3-4,6-7,9,12,15,18-20H2,1-2H3/b14-5+/t22-,26-,28+,32-/m0/s1. The molecule has 0 N–H and O–H groups in total. The number of carbonyl (C=O) groups is 2. The number of ether oxygens (including phenoxy) is 2. The highest BCUT2D eigenvalue weighted by Crippen LogP contribution is 2.45. The van der Waals surface area contributed by atoms with E-state index in [-0.39, 0.29) is 23.5 Å². The molecule has 1 saturated carbocycles. The van der Waals surface area contributed by atoms with Crippen molar-refractivity contribution in [1.29, 1.82) is 0 Å². The molecule has 2 aromatic rings. The number of methoxy groups -OCH3 is 1. The molecule has 0 spiro atoms. The van der Waals surface area contributed by atoms with Gasteiger partial charge in [-0.3, -0.25) is 13.8 Å². The number of fused-ring (bicyclic) bond motifs is 3. The molecule has 1 amide bonds. The number of benzene rings is 2. The lowest BCUT2D eigenvalue weighted by atomic mass is 9.64. The van der Waals surface area contributed by atoms with Crippen LogP contribution in [0.1, 0.15) is 60.5 Å². The Hall–Kier alpha value is -2.68. The molecule has 41 heavy (non-hydrogen) atoms. The Morgan fingerprint density at radius 3 is 2.78 bits per heavy atom. The molecule has 2 heterocycles. The number of allylic oxidation sites excluding steroid dienone is 1. The van der Waals surface area contributed by atoms with Crippen molar-refractivity contribution < 1.29 is 23.3 Å². The van der Waals surface area contributed by atoms with E-state index in [0.29, 0.717) is 42.5 Å². The molecule has 7 nitrogen and oxygen atoms in total. The predicted molar refractivity (Wildman–Crippen MR) is 163 cm³/mol. The summed E-state index contributed by atoms with van der Waals surface area (Å²) in [6, 6.07) is 11.4. The highest BCUT2D eigenvalue weighted by molar-refractivity contribution is 7.75. The maximum absolute atomic E-state index is 13.2. The lowest BCUT2D eigenvalue weighted by Gasteiger charge is -2.47. The van der Waals surface area contributed by atoms with Gasteiger partial charge in [-0.05, 0) is 97.9 Å². The topological polar surface area (TPSA) is 85.3 Å². The minimum Gasteiger partial charge on any atom is -0.491 e. The Kier molecular flexibility index (Phi) is 9.52. The first-order valence-electron chi connectivity index (χ1n) is 14.5. The molecule has 0 radical (unpaired) electrons. The van der Waals surface area contributed by atoms with E-state index in [1.54, 1.807) is 13.2 Å². The van der Waals surface area contributed by atoms with Gasteiger partial charge in [0, 0.05) is 53.1 Å². The number of halogens is 1. The van der Waals surface area contributed by atoms with Crippen molar-refractivity contribution in [3.8, 4) is 5.75 Å². The van der Waals surface area contributed by atoms with Gasteiger partial charge in [0.05, 0.1) is 12.3 Å². The monoisotopic (exact) mass is 598 g/mol. The summed E-state index contributed by atoms with van der Waals surface area (Å²) in [6.45, 7) is 3.76. The van der Waals surface area contributed by atoms with Gasteiger partial charge in [-0.15, -0.1) is 0 Å². The number of rotatable bonds is 2. The summed E-state index contributed by atoms with van der Waals surface area (Å²) < 4.78 is 29.1. The fraction of sp³-hybridized carbons (Fsp3) is 0.500. The van der Waals surface area contributed by atoms with Crippen LogP contribution in [0.25, 0.3) is 0 Å². The number of anilines is 1. The largest absolute Gasteiger partial charge is 0.491 e. The van der Waals surface area contributed by atoms with Crippen molar-refractivity contribution in [1.82, 2.24) is 0 Å². The van der Waals surface area contributed by atoms with E-state index in [9.17, 15) is 13.8 Å². The molecular formula is C32H39ClN2O5S. The zero-order valence-corrected chi connectivity index (χ0v) is 25.4. The van der Waals surface area contributed by atoms with E-state index in [4.69, 9.17) is 21.1 Å². The minimum atomic E-state index is -2.08. The van der Waals surface area contributed by atoms with E-state index in [0.717, 1.165) is 44.1 Å². The zero-order valence-electron chi connectivity index (χ0n) is 23.8. The van der Waals surface area contributed by atoms with Crippen LogP contribution in [0.2, 0.25) is 5.02 Å². The third kappa shape index (κ3) is 6.71. The second kappa shape index (κ2) is 13.1. The molecule has 0 aromatic heterocycles. The van der Waals surface area contributed by atoms with E-state index < -0.39 is 22.1 Å². The van der Waals surface area contributed by atoms with Gasteiger partial charge in [0.2, 0.25) is 0 Å². The number of aryl methyl sites for hydroxylation is 1. The SMILES string of the molecule is CO[C@]1(C=O)/C=C/C[C@H](C)C/[SH](=O)=N\C(=O)c2ccc3c(c2)N(Cc2ccc(Cl)cc2CCCCO3)C[C@@H]2CC[C@H]21. The van der Waals surface area contributed by atoms with Gasteiger partial charge in [-0.2, -0.15) is 4.36 Å². The fourth-order valence-corrected chi connectivity index (χ4v) is 7.54. The molecule has 2 aliphatic heterocycles. The number of nitrogens with zero attached hydrogens (tertiary/aromatic N) is 2.